The van der Waals surface area contributed by atoms with E-state index >= 15 is 0 Å². The molecule has 2 saturated heterocycles. The van der Waals surface area contributed by atoms with Crippen molar-refractivity contribution in [2.45, 2.75) is 44.9 Å². The number of rotatable bonds is 4. The summed E-state index contributed by atoms with van der Waals surface area (Å²) in [5, 5.41) is 2.12. The van der Waals surface area contributed by atoms with Gasteiger partial charge in [0.2, 0.25) is 5.91 Å². The summed E-state index contributed by atoms with van der Waals surface area (Å²) < 4.78 is 0. The molecule has 2 aliphatic rings. The van der Waals surface area contributed by atoms with Crippen LogP contribution in [0.3, 0.4) is 0 Å². The summed E-state index contributed by atoms with van der Waals surface area (Å²) in [4.78, 5) is 23.0. The van der Waals surface area contributed by atoms with Crippen LogP contribution < -0.4 is 0 Å². The Morgan fingerprint density at radius 2 is 2.13 bits per heavy atom. The van der Waals surface area contributed by atoms with Crippen LogP contribution in [0.2, 0.25) is 0 Å². The molecule has 0 bridgehead atoms. The molecular formula is C18H21N3OS. The summed E-state index contributed by atoms with van der Waals surface area (Å²) in [5.41, 5.74) is 2.01. The van der Waals surface area contributed by atoms with Crippen molar-refractivity contribution in [3.05, 3.63) is 52.0 Å². The van der Waals surface area contributed by atoms with E-state index in [0.29, 0.717) is 25.0 Å². The first-order valence-electron chi connectivity index (χ1n) is 8.19. The highest BCUT2D eigenvalue weighted by Gasteiger charge is 2.46. The Balaban J connectivity index is 1.48. The Hall–Kier alpha value is -1.72. The van der Waals surface area contributed by atoms with E-state index in [1.165, 1.54) is 4.88 Å². The van der Waals surface area contributed by atoms with Gasteiger partial charge in [-0.05, 0) is 36.9 Å². The van der Waals surface area contributed by atoms with Crippen molar-refractivity contribution in [1.29, 1.82) is 0 Å². The van der Waals surface area contributed by atoms with Gasteiger partial charge in [-0.3, -0.25) is 14.7 Å². The molecule has 2 atom stereocenters. The van der Waals surface area contributed by atoms with Crippen LogP contribution in [0, 0.1) is 6.92 Å². The van der Waals surface area contributed by atoms with Gasteiger partial charge < -0.3 is 4.90 Å². The van der Waals surface area contributed by atoms with Crippen LogP contribution in [0.15, 0.2) is 35.7 Å². The number of thiophene rings is 1. The topological polar surface area (TPSA) is 36.4 Å². The Morgan fingerprint density at radius 1 is 1.22 bits per heavy atom. The van der Waals surface area contributed by atoms with Crippen LogP contribution in [-0.4, -0.2) is 39.3 Å². The zero-order chi connectivity index (χ0) is 15.8. The van der Waals surface area contributed by atoms with Gasteiger partial charge in [0.1, 0.15) is 0 Å². The van der Waals surface area contributed by atoms with Crippen molar-refractivity contribution in [3.63, 3.8) is 0 Å². The first-order chi connectivity index (χ1) is 11.2. The fourth-order valence-corrected chi connectivity index (χ4v) is 4.61. The molecule has 4 rings (SSSR count). The molecule has 0 aliphatic carbocycles. The highest BCUT2D eigenvalue weighted by atomic mass is 32.1. The second kappa shape index (κ2) is 6.06. The number of amides is 1. The Labute approximate surface area is 140 Å². The molecule has 1 amide bonds. The molecule has 0 spiro atoms. The standard InChI is InChI=1S/C18H21N3OS/c1-13-4-2-5-14(19-13)11-21-16-7-8-20(17(16)10-18(21)22)12-15-6-3-9-23-15/h2-6,9,16-17H,7-8,10-12H2,1H3/t16-,17+/m0/s1. The molecule has 2 aromatic heterocycles. The fraction of sp³-hybridized carbons (Fsp3) is 0.444. The minimum atomic E-state index is 0.277. The van der Waals surface area contributed by atoms with E-state index in [2.05, 4.69) is 32.3 Å². The van der Waals surface area contributed by atoms with Gasteiger partial charge in [-0.15, -0.1) is 11.3 Å². The first kappa shape index (κ1) is 14.8. The molecule has 2 aromatic rings. The average molecular weight is 327 g/mol. The van der Waals surface area contributed by atoms with Gasteiger partial charge in [0, 0.05) is 42.2 Å². The number of fused-ring (bicyclic) bond motifs is 1. The lowest BCUT2D eigenvalue weighted by molar-refractivity contribution is -0.129. The molecule has 0 saturated carbocycles. The molecule has 0 radical (unpaired) electrons. The SMILES string of the molecule is Cc1cccc(CN2C(=O)C[C@@H]3[C@@H]2CCN3Cc2cccs2)n1. The van der Waals surface area contributed by atoms with Crippen molar-refractivity contribution < 1.29 is 4.79 Å². The van der Waals surface area contributed by atoms with Crippen molar-refractivity contribution in [2.24, 2.45) is 0 Å². The number of pyridine rings is 1. The van der Waals surface area contributed by atoms with Gasteiger partial charge in [-0.2, -0.15) is 0 Å². The normalized spacial score (nSPS) is 24.4. The highest BCUT2D eigenvalue weighted by molar-refractivity contribution is 7.09. The molecule has 2 aliphatic heterocycles. The molecule has 0 N–H and O–H groups in total. The third-order valence-corrected chi connectivity index (χ3v) is 5.81. The number of hydrogen-bond donors (Lipinski definition) is 0. The van der Waals surface area contributed by atoms with Gasteiger partial charge in [-0.25, -0.2) is 0 Å². The van der Waals surface area contributed by atoms with E-state index in [0.717, 1.165) is 30.9 Å². The summed E-state index contributed by atoms with van der Waals surface area (Å²) >= 11 is 1.80. The lowest BCUT2D eigenvalue weighted by Crippen LogP contribution is -2.36. The second-order valence-electron chi connectivity index (χ2n) is 6.47. The maximum absolute atomic E-state index is 12.5. The molecule has 0 aromatic carbocycles. The molecule has 0 unspecified atom stereocenters. The minimum absolute atomic E-state index is 0.277. The van der Waals surface area contributed by atoms with Gasteiger partial charge >= 0.3 is 0 Å². The summed E-state index contributed by atoms with van der Waals surface area (Å²) in [5.74, 6) is 0.277. The van der Waals surface area contributed by atoms with Gasteiger partial charge in [0.05, 0.1) is 12.2 Å². The zero-order valence-electron chi connectivity index (χ0n) is 13.3. The smallest absolute Gasteiger partial charge is 0.224 e. The summed E-state index contributed by atoms with van der Waals surface area (Å²) in [6.45, 7) is 4.70. The largest absolute Gasteiger partial charge is 0.332 e. The number of aromatic nitrogens is 1. The van der Waals surface area contributed by atoms with Crippen LogP contribution in [-0.2, 0) is 17.9 Å². The predicted molar refractivity (Wildman–Crippen MR) is 91.1 cm³/mol. The van der Waals surface area contributed by atoms with Crippen molar-refractivity contribution in [3.8, 4) is 0 Å². The lowest BCUT2D eigenvalue weighted by atomic mass is 10.1. The molecule has 5 heteroatoms. The van der Waals surface area contributed by atoms with E-state index in [9.17, 15) is 4.79 Å². The first-order valence-corrected chi connectivity index (χ1v) is 9.07. The Bertz CT molecular complexity index is 700. The average Bonchev–Trinajstić information content (AvgIpc) is 3.22. The van der Waals surface area contributed by atoms with Gasteiger partial charge in [0.25, 0.3) is 0 Å². The van der Waals surface area contributed by atoms with Crippen LogP contribution in [0.25, 0.3) is 0 Å². The Kier molecular flexibility index (Phi) is 3.91. The lowest BCUT2D eigenvalue weighted by Gasteiger charge is -2.25. The molecule has 23 heavy (non-hydrogen) atoms. The molecule has 2 fully saturated rings. The fourth-order valence-electron chi connectivity index (χ4n) is 3.88. The monoisotopic (exact) mass is 327 g/mol. The van der Waals surface area contributed by atoms with E-state index in [1.807, 2.05) is 25.1 Å². The molecular weight excluding hydrogens is 306 g/mol. The number of nitrogens with zero attached hydrogens (tertiary/aromatic N) is 3. The van der Waals surface area contributed by atoms with Crippen molar-refractivity contribution >= 4 is 17.2 Å². The van der Waals surface area contributed by atoms with Crippen LogP contribution in [0.5, 0.6) is 0 Å². The van der Waals surface area contributed by atoms with Crippen LogP contribution >= 0.6 is 11.3 Å². The number of carbonyl (C=O) groups is 1. The van der Waals surface area contributed by atoms with Gasteiger partial charge in [0.15, 0.2) is 0 Å². The van der Waals surface area contributed by atoms with E-state index in [-0.39, 0.29) is 5.91 Å². The number of aryl methyl sites for hydroxylation is 1. The summed E-state index contributed by atoms with van der Waals surface area (Å²) in [6.07, 6.45) is 1.73. The van der Waals surface area contributed by atoms with Crippen LogP contribution in [0.1, 0.15) is 29.1 Å². The van der Waals surface area contributed by atoms with E-state index in [1.54, 1.807) is 11.3 Å². The highest BCUT2D eigenvalue weighted by Crippen LogP contribution is 2.34. The van der Waals surface area contributed by atoms with E-state index in [4.69, 9.17) is 0 Å². The third-order valence-electron chi connectivity index (χ3n) is 4.95. The molecule has 120 valence electrons. The zero-order valence-corrected chi connectivity index (χ0v) is 14.1. The molecule has 4 nitrogen and oxygen atoms in total. The Morgan fingerprint density at radius 3 is 2.91 bits per heavy atom. The second-order valence-corrected chi connectivity index (χ2v) is 7.50. The predicted octanol–water partition coefficient (Wildman–Crippen LogP) is 2.83. The number of likely N-dealkylation sites (tertiary alicyclic amines) is 2. The number of hydrogen-bond acceptors (Lipinski definition) is 4. The molecule has 4 heterocycles. The maximum atomic E-state index is 12.5. The quantitative estimate of drug-likeness (QED) is 0.866. The summed E-state index contributed by atoms with van der Waals surface area (Å²) in [6, 6.07) is 11.0. The maximum Gasteiger partial charge on any atom is 0.224 e. The van der Waals surface area contributed by atoms with Crippen molar-refractivity contribution in [1.82, 2.24) is 14.8 Å². The van der Waals surface area contributed by atoms with Crippen LogP contribution in [0.4, 0.5) is 0 Å². The van der Waals surface area contributed by atoms with Gasteiger partial charge in [-0.1, -0.05) is 12.1 Å². The minimum Gasteiger partial charge on any atom is -0.332 e. The van der Waals surface area contributed by atoms with E-state index < -0.39 is 0 Å². The third kappa shape index (κ3) is 2.91. The number of carbonyl (C=O) groups excluding carboxylic acids is 1. The summed E-state index contributed by atoms with van der Waals surface area (Å²) in [7, 11) is 0. The van der Waals surface area contributed by atoms with Crippen molar-refractivity contribution in [2.75, 3.05) is 6.54 Å².